The average molecular weight is 902 g/mol. The molecular weight excluding hydrogens is 847 g/mol. The molecule has 0 aliphatic carbocycles. The molecule has 0 amide bonds. The molecule has 11 rings (SSSR count). The van der Waals surface area contributed by atoms with Gasteiger partial charge in [-0.05, 0) is 183 Å². The Bertz CT molecular complexity index is 3560. The lowest BCUT2D eigenvalue weighted by atomic mass is 9.90. The van der Waals surface area contributed by atoms with Crippen molar-refractivity contribution >= 4 is 21.5 Å². The summed E-state index contributed by atoms with van der Waals surface area (Å²) in [6, 6.07) is 71.5. The third-order valence-electron chi connectivity index (χ3n) is 14.3. The van der Waals surface area contributed by atoms with Crippen molar-refractivity contribution in [3.8, 4) is 67.2 Å². The SMILES string of the molecule is Cc1cnc(-c2ccc(CCc3cc(CCc4ccc(-c5cc(C)c(C)cn5)cc4)cc(-c4ccccc4-c4ccc(-c5cc(-c6ccc7c(ccc8ccccc87)c6)ccn5)cc4)c3)cc2)cc1C. The maximum absolute atomic E-state index is 4.85. The predicted octanol–water partition coefficient (Wildman–Crippen LogP) is 17.0. The predicted molar refractivity (Wildman–Crippen MR) is 294 cm³/mol. The van der Waals surface area contributed by atoms with Crippen molar-refractivity contribution in [2.45, 2.75) is 53.4 Å². The van der Waals surface area contributed by atoms with Gasteiger partial charge in [-0.25, -0.2) is 0 Å². The van der Waals surface area contributed by atoms with Gasteiger partial charge in [0.15, 0.2) is 0 Å². The molecule has 11 aromatic rings. The van der Waals surface area contributed by atoms with E-state index in [1.165, 1.54) is 93.9 Å². The first-order valence-electron chi connectivity index (χ1n) is 24.5. The van der Waals surface area contributed by atoms with E-state index in [-0.39, 0.29) is 0 Å². The highest BCUT2D eigenvalue weighted by atomic mass is 14.7. The van der Waals surface area contributed by atoms with Crippen LogP contribution in [-0.4, -0.2) is 15.0 Å². The molecule has 0 radical (unpaired) electrons. The Balaban J connectivity index is 0.866. The van der Waals surface area contributed by atoms with Crippen molar-refractivity contribution in [1.29, 1.82) is 0 Å². The summed E-state index contributed by atoms with van der Waals surface area (Å²) in [7, 11) is 0. The zero-order chi connectivity index (χ0) is 47.6. The highest BCUT2D eigenvalue weighted by Crippen LogP contribution is 2.36. The molecule has 3 nitrogen and oxygen atoms in total. The number of benzene rings is 8. The summed E-state index contributed by atoms with van der Waals surface area (Å²) < 4.78 is 0. The van der Waals surface area contributed by atoms with Gasteiger partial charge in [0.25, 0.3) is 0 Å². The third-order valence-corrected chi connectivity index (χ3v) is 14.3. The molecule has 3 aromatic heterocycles. The van der Waals surface area contributed by atoms with Crippen LogP contribution < -0.4 is 0 Å². The Kier molecular flexibility index (Phi) is 12.3. The molecule has 0 saturated heterocycles. The Morgan fingerprint density at radius 3 is 1.34 bits per heavy atom. The fourth-order valence-electron chi connectivity index (χ4n) is 9.80. The minimum absolute atomic E-state index is 0.943. The van der Waals surface area contributed by atoms with Gasteiger partial charge in [-0.3, -0.25) is 15.0 Å². The molecule has 0 atom stereocenters. The number of hydrogen-bond acceptors (Lipinski definition) is 3. The topological polar surface area (TPSA) is 38.7 Å². The summed E-state index contributed by atoms with van der Waals surface area (Å²) in [5, 5.41) is 5.06. The van der Waals surface area contributed by atoms with Crippen LogP contribution in [0.25, 0.3) is 88.7 Å². The fourth-order valence-corrected chi connectivity index (χ4v) is 9.80. The summed E-state index contributed by atoms with van der Waals surface area (Å²) in [4.78, 5) is 14.3. The molecular formula is C67H55N3. The van der Waals surface area contributed by atoms with E-state index >= 15 is 0 Å². The van der Waals surface area contributed by atoms with Crippen molar-refractivity contribution in [3.63, 3.8) is 0 Å². The van der Waals surface area contributed by atoms with Crippen molar-refractivity contribution in [1.82, 2.24) is 15.0 Å². The van der Waals surface area contributed by atoms with E-state index in [1.54, 1.807) is 0 Å². The smallest absolute Gasteiger partial charge is 0.0708 e. The zero-order valence-electron chi connectivity index (χ0n) is 40.4. The zero-order valence-corrected chi connectivity index (χ0v) is 40.4. The molecule has 3 heteroatoms. The second-order valence-electron chi connectivity index (χ2n) is 19.0. The molecule has 0 spiro atoms. The molecule has 0 aliphatic rings. The summed E-state index contributed by atoms with van der Waals surface area (Å²) >= 11 is 0. The van der Waals surface area contributed by atoms with E-state index < -0.39 is 0 Å². The van der Waals surface area contributed by atoms with Crippen LogP contribution in [0.3, 0.4) is 0 Å². The first-order chi connectivity index (χ1) is 34.3. The summed E-state index contributed by atoms with van der Waals surface area (Å²) in [6.07, 6.45) is 9.67. The molecule has 0 unspecified atom stereocenters. The Morgan fingerprint density at radius 2 is 0.743 bits per heavy atom. The standard InChI is InChI=1S/C67H55N3/c1-44-35-65(69-42-46(44)3)54-21-17-48(18-22-54)13-15-50-37-51(16-14-49-19-23-55(24-20-49)66-36-45(2)47(4)43-70-66)39-60(38-50)63-12-8-7-11-62(63)53-25-28-56(29-26-53)67-41-58(33-34-68-67)57-31-32-64-59(40-57)30-27-52-9-5-6-10-61(52)64/h5-12,17-43H,13-16H2,1-4H3. The minimum Gasteiger partial charge on any atom is -0.256 e. The van der Waals surface area contributed by atoms with Gasteiger partial charge in [0, 0.05) is 35.3 Å². The molecule has 0 saturated carbocycles. The van der Waals surface area contributed by atoms with Gasteiger partial charge in [0.05, 0.1) is 17.1 Å². The maximum Gasteiger partial charge on any atom is 0.0708 e. The van der Waals surface area contributed by atoms with Gasteiger partial charge in [0.1, 0.15) is 0 Å². The summed E-state index contributed by atoms with van der Waals surface area (Å²) in [5.74, 6) is 0. The number of aryl methyl sites for hydroxylation is 8. The van der Waals surface area contributed by atoms with Gasteiger partial charge in [-0.1, -0.05) is 164 Å². The first-order valence-corrected chi connectivity index (χ1v) is 24.5. The average Bonchev–Trinajstić information content (AvgIpc) is 3.41. The largest absolute Gasteiger partial charge is 0.256 e. The van der Waals surface area contributed by atoms with Gasteiger partial charge < -0.3 is 0 Å². The number of hydrogen-bond donors (Lipinski definition) is 0. The van der Waals surface area contributed by atoms with Crippen LogP contribution in [0.15, 0.2) is 213 Å². The second kappa shape index (κ2) is 19.4. The number of aromatic nitrogens is 3. The van der Waals surface area contributed by atoms with Crippen LogP contribution in [0.4, 0.5) is 0 Å². The van der Waals surface area contributed by atoms with E-state index in [1.807, 2.05) is 18.6 Å². The van der Waals surface area contributed by atoms with Crippen molar-refractivity contribution < 1.29 is 0 Å². The van der Waals surface area contributed by atoms with E-state index in [4.69, 9.17) is 15.0 Å². The third kappa shape index (κ3) is 9.44. The second-order valence-corrected chi connectivity index (χ2v) is 19.0. The van der Waals surface area contributed by atoms with Crippen LogP contribution in [0.2, 0.25) is 0 Å². The van der Waals surface area contributed by atoms with Crippen LogP contribution in [0.1, 0.15) is 44.5 Å². The van der Waals surface area contributed by atoms with E-state index in [9.17, 15) is 0 Å². The molecule has 3 heterocycles. The number of fused-ring (bicyclic) bond motifs is 3. The van der Waals surface area contributed by atoms with Gasteiger partial charge in [-0.15, -0.1) is 0 Å². The quantitative estimate of drug-likeness (QED) is 0.115. The number of rotatable bonds is 12. The van der Waals surface area contributed by atoms with Gasteiger partial charge in [0.2, 0.25) is 0 Å². The van der Waals surface area contributed by atoms with E-state index in [0.29, 0.717) is 0 Å². The van der Waals surface area contributed by atoms with Gasteiger partial charge in [-0.2, -0.15) is 0 Å². The number of nitrogens with zero attached hydrogens (tertiary/aromatic N) is 3. The van der Waals surface area contributed by atoms with Gasteiger partial charge >= 0.3 is 0 Å². The van der Waals surface area contributed by atoms with Crippen molar-refractivity contribution in [2.75, 3.05) is 0 Å². The summed E-state index contributed by atoms with van der Waals surface area (Å²) in [6.45, 7) is 8.53. The normalized spacial score (nSPS) is 11.4. The lowest BCUT2D eigenvalue weighted by molar-refractivity contribution is 0.931. The monoisotopic (exact) mass is 901 g/mol. The molecule has 0 bridgehead atoms. The Labute approximate surface area is 412 Å². The highest BCUT2D eigenvalue weighted by Gasteiger charge is 2.13. The fraction of sp³-hybridized carbons (Fsp3) is 0.119. The van der Waals surface area contributed by atoms with Crippen LogP contribution >= 0.6 is 0 Å². The van der Waals surface area contributed by atoms with Crippen molar-refractivity contribution in [2.24, 2.45) is 0 Å². The van der Waals surface area contributed by atoms with Crippen LogP contribution in [0, 0.1) is 27.7 Å². The Morgan fingerprint density at radius 1 is 0.286 bits per heavy atom. The van der Waals surface area contributed by atoms with Crippen LogP contribution in [0.5, 0.6) is 0 Å². The molecule has 0 fully saturated rings. The lowest BCUT2D eigenvalue weighted by Gasteiger charge is -2.15. The molecule has 0 N–H and O–H groups in total. The highest BCUT2D eigenvalue weighted by molar-refractivity contribution is 6.08. The van der Waals surface area contributed by atoms with E-state index in [0.717, 1.165) is 65.0 Å². The van der Waals surface area contributed by atoms with Crippen molar-refractivity contribution in [3.05, 3.63) is 257 Å². The van der Waals surface area contributed by atoms with E-state index in [2.05, 4.69) is 222 Å². The molecule has 338 valence electrons. The molecule has 0 aliphatic heterocycles. The summed E-state index contributed by atoms with van der Waals surface area (Å²) in [5.41, 5.74) is 23.9. The van der Waals surface area contributed by atoms with Crippen LogP contribution in [-0.2, 0) is 25.7 Å². The first kappa shape index (κ1) is 44.2. The maximum atomic E-state index is 4.85. The Hall–Kier alpha value is -8.27. The molecule has 8 aromatic carbocycles. The lowest BCUT2D eigenvalue weighted by Crippen LogP contribution is -1.98. The molecule has 70 heavy (non-hydrogen) atoms. The number of pyridine rings is 3. The minimum atomic E-state index is 0.943.